The first kappa shape index (κ1) is 12.8. The number of carbonyl (C=O) groups is 2. The third kappa shape index (κ3) is 3.19. The number of hydrogen-bond acceptors (Lipinski definition) is 3. The largest absolute Gasteiger partial charge is 0.480 e. The number of nitrogens with zero attached hydrogens (tertiary/aromatic N) is 2. The molecule has 2 N–H and O–H groups in total. The van der Waals surface area contributed by atoms with E-state index in [9.17, 15) is 9.59 Å². The Kier molecular flexibility index (Phi) is 3.61. The lowest BCUT2D eigenvalue weighted by atomic mass is 10.3. The van der Waals surface area contributed by atoms with Crippen molar-refractivity contribution >= 4 is 17.6 Å². The quantitative estimate of drug-likeness (QED) is 0.872. The maximum Gasteiger partial charge on any atom is 0.323 e. The zero-order valence-corrected chi connectivity index (χ0v) is 10.3. The lowest BCUT2D eigenvalue weighted by Gasteiger charge is -2.08. The molecule has 2 rings (SSSR count). The Labute approximate surface area is 109 Å². The van der Waals surface area contributed by atoms with Crippen molar-refractivity contribution in [2.24, 2.45) is 0 Å². The van der Waals surface area contributed by atoms with E-state index in [4.69, 9.17) is 5.11 Å². The second-order valence-corrected chi connectivity index (χ2v) is 4.06. The van der Waals surface area contributed by atoms with Crippen molar-refractivity contribution in [2.75, 3.05) is 5.32 Å². The molecule has 0 spiro atoms. The molecule has 0 aliphatic rings. The minimum atomic E-state index is -0.995. The van der Waals surface area contributed by atoms with Gasteiger partial charge in [-0.3, -0.25) is 14.6 Å². The van der Waals surface area contributed by atoms with Gasteiger partial charge in [0, 0.05) is 23.8 Å². The van der Waals surface area contributed by atoms with Crippen molar-refractivity contribution in [1.82, 2.24) is 9.55 Å². The zero-order valence-electron chi connectivity index (χ0n) is 10.3. The molecule has 0 radical (unpaired) electrons. The van der Waals surface area contributed by atoms with E-state index in [1.54, 1.807) is 36.7 Å². The number of amides is 1. The molecule has 98 valence electrons. The van der Waals surface area contributed by atoms with Gasteiger partial charge in [-0.1, -0.05) is 0 Å². The van der Waals surface area contributed by atoms with E-state index in [2.05, 4.69) is 10.3 Å². The van der Waals surface area contributed by atoms with Crippen LogP contribution in [0.25, 0.3) is 0 Å². The van der Waals surface area contributed by atoms with Crippen molar-refractivity contribution in [2.45, 2.75) is 13.5 Å². The highest BCUT2D eigenvalue weighted by Crippen LogP contribution is 2.10. The van der Waals surface area contributed by atoms with Gasteiger partial charge in [0.25, 0.3) is 5.91 Å². The molecule has 2 aromatic heterocycles. The SMILES string of the molecule is Cc1cc(NC(=O)c2cccn2CC(=O)O)ccn1. The minimum Gasteiger partial charge on any atom is -0.480 e. The Bertz CT molecular complexity index is 619. The summed E-state index contributed by atoms with van der Waals surface area (Å²) in [6.45, 7) is 1.58. The molecular formula is C13H13N3O3. The monoisotopic (exact) mass is 259 g/mol. The Hall–Kier alpha value is -2.63. The fourth-order valence-electron chi connectivity index (χ4n) is 1.72. The van der Waals surface area contributed by atoms with Gasteiger partial charge in [0.05, 0.1) is 0 Å². The number of aryl methyl sites for hydroxylation is 1. The topological polar surface area (TPSA) is 84.2 Å². The van der Waals surface area contributed by atoms with E-state index < -0.39 is 5.97 Å². The number of rotatable bonds is 4. The molecule has 0 atom stereocenters. The smallest absolute Gasteiger partial charge is 0.323 e. The van der Waals surface area contributed by atoms with Gasteiger partial charge >= 0.3 is 5.97 Å². The van der Waals surface area contributed by atoms with Crippen LogP contribution in [0.2, 0.25) is 0 Å². The van der Waals surface area contributed by atoms with E-state index in [-0.39, 0.29) is 12.5 Å². The van der Waals surface area contributed by atoms with Crippen molar-refractivity contribution in [3.63, 3.8) is 0 Å². The predicted octanol–water partition coefficient (Wildman–Crippen LogP) is 1.53. The molecule has 0 aliphatic carbocycles. The van der Waals surface area contributed by atoms with Crippen LogP contribution < -0.4 is 5.32 Å². The Morgan fingerprint density at radius 2 is 2.21 bits per heavy atom. The lowest BCUT2D eigenvalue weighted by Crippen LogP contribution is -2.19. The second-order valence-electron chi connectivity index (χ2n) is 4.06. The van der Waals surface area contributed by atoms with Crippen LogP contribution in [0.1, 0.15) is 16.2 Å². The van der Waals surface area contributed by atoms with Crippen LogP contribution in [0.15, 0.2) is 36.7 Å². The van der Waals surface area contributed by atoms with Crippen LogP contribution in [0.3, 0.4) is 0 Å². The number of aromatic nitrogens is 2. The molecule has 2 aromatic rings. The van der Waals surface area contributed by atoms with Gasteiger partial charge in [-0.2, -0.15) is 0 Å². The van der Waals surface area contributed by atoms with Crippen LogP contribution in [0, 0.1) is 6.92 Å². The summed E-state index contributed by atoms with van der Waals surface area (Å²) in [5.41, 5.74) is 1.72. The van der Waals surface area contributed by atoms with Gasteiger partial charge in [0.1, 0.15) is 12.2 Å². The fraction of sp³-hybridized carbons (Fsp3) is 0.154. The summed E-state index contributed by atoms with van der Waals surface area (Å²) in [5.74, 6) is -1.35. The van der Waals surface area contributed by atoms with Gasteiger partial charge in [0.15, 0.2) is 0 Å². The number of nitrogens with one attached hydrogen (secondary N) is 1. The molecule has 2 heterocycles. The first-order valence-corrected chi connectivity index (χ1v) is 5.67. The lowest BCUT2D eigenvalue weighted by molar-refractivity contribution is -0.137. The van der Waals surface area contributed by atoms with Gasteiger partial charge in [-0.05, 0) is 31.2 Å². The highest BCUT2D eigenvalue weighted by molar-refractivity contribution is 6.03. The van der Waals surface area contributed by atoms with Crippen LogP contribution in [0.5, 0.6) is 0 Å². The molecule has 6 nitrogen and oxygen atoms in total. The molecule has 0 bridgehead atoms. The number of pyridine rings is 1. The van der Waals surface area contributed by atoms with Gasteiger partial charge < -0.3 is 15.0 Å². The minimum absolute atomic E-state index is 0.245. The van der Waals surface area contributed by atoms with Crippen LogP contribution in [-0.4, -0.2) is 26.5 Å². The standard InChI is InChI=1S/C13H13N3O3/c1-9-7-10(4-5-14-9)15-13(19)11-3-2-6-16(11)8-12(17)18/h2-7H,8H2,1H3,(H,17,18)(H,14,15,19). The third-order valence-corrected chi connectivity index (χ3v) is 2.52. The molecular weight excluding hydrogens is 246 g/mol. The third-order valence-electron chi connectivity index (χ3n) is 2.52. The molecule has 0 aliphatic heterocycles. The summed E-state index contributed by atoms with van der Waals surface area (Å²) >= 11 is 0. The number of carboxylic acid groups (broad SMARTS) is 1. The number of anilines is 1. The summed E-state index contributed by atoms with van der Waals surface area (Å²) in [7, 11) is 0. The van der Waals surface area contributed by atoms with Crippen molar-refractivity contribution in [1.29, 1.82) is 0 Å². The number of carbonyl (C=O) groups excluding carboxylic acids is 1. The maximum atomic E-state index is 12.0. The molecule has 0 unspecified atom stereocenters. The molecule has 0 saturated heterocycles. The van der Waals surface area contributed by atoms with Crippen molar-refractivity contribution < 1.29 is 14.7 Å². The second kappa shape index (κ2) is 5.34. The summed E-state index contributed by atoms with van der Waals surface area (Å²) in [6.07, 6.45) is 3.15. The fourth-order valence-corrected chi connectivity index (χ4v) is 1.72. The average Bonchev–Trinajstić information content (AvgIpc) is 2.76. The molecule has 0 saturated carbocycles. The summed E-state index contributed by atoms with van der Waals surface area (Å²) in [6, 6.07) is 6.62. The summed E-state index contributed by atoms with van der Waals surface area (Å²) in [5, 5.41) is 11.5. The van der Waals surface area contributed by atoms with E-state index in [1.807, 2.05) is 6.92 Å². The van der Waals surface area contributed by atoms with Crippen molar-refractivity contribution in [3.05, 3.63) is 48.0 Å². The highest BCUT2D eigenvalue weighted by atomic mass is 16.4. The first-order chi connectivity index (χ1) is 9.06. The van der Waals surface area contributed by atoms with Crippen LogP contribution in [0.4, 0.5) is 5.69 Å². The first-order valence-electron chi connectivity index (χ1n) is 5.67. The van der Waals surface area contributed by atoms with Crippen molar-refractivity contribution in [3.8, 4) is 0 Å². The van der Waals surface area contributed by atoms with E-state index in [0.717, 1.165) is 5.69 Å². The predicted molar refractivity (Wildman–Crippen MR) is 69.0 cm³/mol. The molecule has 19 heavy (non-hydrogen) atoms. The van der Waals surface area contributed by atoms with E-state index in [0.29, 0.717) is 11.4 Å². The average molecular weight is 259 g/mol. The number of hydrogen-bond donors (Lipinski definition) is 2. The Balaban J connectivity index is 2.16. The summed E-state index contributed by atoms with van der Waals surface area (Å²) < 4.78 is 1.38. The molecule has 0 fully saturated rings. The number of carboxylic acids is 1. The Morgan fingerprint density at radius 1 is 1.42 bits per heavy atom. The molecule has 1 amide bonds. The van der Waals surface area contributed by atoms with E-state index in [1.165, 1.54) is 4.57 Å². The van der Waals surface area contributed by atoms with Crippen LogP contribution >= 0.6 is 0 Å². The zero-order chi connectivity index (χ0) is 13.8. The van der Waals surface area contributed by atoms with E-state index >= 15 is 0 Å². The molecule has 6 heteroatoms. The van der Waals surface area contributed by atoms with Gasteiger partial charge in [-0.25, -0.2) is 0 Å². The maximum absolute atomic E-state index is 12.0. The Morgan fingerprint density at radius 3 is 2.89 bits per heavy atom. The highest BCUT2D eigenvalue weighted by Gasteiger charge is 2.12. The molecule has 0 aromatic carbocycles. The number of aliphatic carboxylic acids is 1. The van der Waals surface area contributed by atoms with Crippen LogP contribution in [-0.2, 0) is 11.3 Å². The van der Waals surface area contributed by atoms with Gasteiger partial charge in [-0.15, -0.1) is 0 Å². The normalized spacial score (nSPS) is 10.2. The van der Waals surface area contributed by atoms with Gasteiger partial charge in [0.2, 0.25) is 0 Å². The summed E-state index contributed by atoms with van der Waals surface area (Å²) in [4.78, 5) is 26.8.